The standard InChI is InChI=1S/C27H22FN3O5/c1-14-19-12-15-4-2-10-30-11-3-5-18(22(15)30)23(19)36-26(34)20(14)13-21-24(32)29-27(35)31(25(21)33)17-8-6-16(28)7-9-17/h6-9,12-13H,2-5,10-11H2,1H3,(H,29,32,35)/b21-13+. The summed E-state index contributed by atoms with van der Waals surface area (Å²) in [7, 11) is 0. The van der Waals surface area contributed by atoms with Gasteiger partial charge in [-0.25, -0.2) is 18.9 Å². The summed E-state index contributed by atoms with van der Waals surface area (Å²) < 4.78 is 19.2. The molecule has 6 rings (SSSR count). The van der Waals surface area contributed by atoms with Gasteiger partial charge in [0, 0.05) is 29.7 Å². The van der Waals surface area contributed by atoms with Crippen molar-refractivity contribution < 1.29 is 23.2 Å². The Bertz CT molecular complexity index is 1570. The Morgan fingerprint density at radius 2 is 1.75 bits per heavy atom. The molecule has 8 nitrogen and oxygen atoms in total. The number of hydrogen-bond acceptors (Lipinski definition) is 6. The van der Waals surface area contributed by atoms with Crippen molar-refractivity contribution in [3.63, 3.8) is 0 Å². The number of imide groups is 2. The summed E-state index contributed by atoms with van der Waals surface area (Å²) in [6.07, 6.45) is 4.95. The quantitative estimate of drug-likeness (QED) is 0.337. The number of urea groups is 1. The van der Waals surface area contributed by atoms with E-state index in [1.807, 2.05) is 6.07 Å². The third-order valence-electron chi connectivity index (χ3n) is 7.17. The minimum Gasteiger partial charge on any atom is -0.422 e. The van der Waals surface area contributed by atoms with Crippen LogP contribution >= 0.6 is 0 Å². The molecule has 4 heterocycles. The number of barbiturate groups is 1. The summed E-state index contributed by atoms with van der Waals surface area (Å²) in [4.78, 5) is 54.5. The van der Waals surface area contributed by atoms with Crippen LogP contribution in [-0.2, 0) is 22.4 Å². The lowest BCUT2D eigenvalue weighted by Gasteiger charge is -2.37. The van der Waals surface area contributed by atoms with Gasteiger partial charge in [-0.3, -0.25) is 14.9 Å². The Balaban J connectivity index is 1.49. The van der Waals surface area contributed by atoms with E-state index < -0.39 is 29.3 Å². The molecule has 0 spiro atoms. The van der Waals surface area contributed by atoms with E-state index in [9.17, 15) is 23.6 Å². The van der Waals surface area contributed by atoms with Gasteiger partial charge in [-0.15, -0.1) is 0 Å². The maximum atomic E-state index is 13.4. The van der Waals surface area contributed by atoms with Crippen LogP contribution in [0.2, 0.25) is 0 Å². The highest BCUT2D eigenvalue weighted by Gasteiger charge is 2.37. The number of fused-ring (bicyclic) bond motifs is 2. The fourth-order valence-electron chi connectivity index (χ4n) is 5.47. The number of anilines is 2. The zero-order valence-electron chi connectivity index (χ0n) is 19.5. The van der Waals surface area contributed by atoms with Crippen LogP contribution in [0.4, 0.5) is 20.6 Å². The number of nitrogens with zero attached hydrogens (tertiary/aromatic N) is 2. The summed E-state index contributed by atoms with van der Waals surface area (Å²) in [6, 6.07) is 5.81. The summed E-state index contributed by atoms with van der Waals surface area (Å²) in [5.41, 5.74) is 3.67. The summed E-state index contributed by atoms with van der Waals surface area (Å²) in [5.74, 6) is -2.37. The number of hydrogen-bond donors (Lipinski definition) is 1. The first-order valence-electron chi connectivity index (χ1n) is 11.9. The second-order valence-electron chi connectivity index (χ2n) is 9.30. The Kier molecular flexibility index (Phi) is 5.03. The van der Waals surface area contributed by atoms with Gasteiger partial charge in [-0.1, -0.05) is 0 Å². The molecule has 1 fully saturated rings. The molecule has 3 aliphatic heterocycles. The number of halogens is 1. The lowest BCUT2D eigenvalue weighted by molar-refractivity contribution is -0.122. The number of carbonyl (C=O) groups excluding carboxylic acids is 3. The van der Waals surface area contributed by atoms with Crippen LogP contribution < -0.4 is 20.7 Å². The van der Waals surface area contributed by atoms with Crippen molar-refractivity contribution in [2.24, 2.45) is 0 Å². The van der Waals surface area contributed by atoms with Crippen molar-refractivity contribution in [2.45, 2.75) is 32.6 Å². The SMILES string of the molecule is Cc1c(/C=C2\C(=O)NC(=O)N(c3ccc(F)cc3)C2=O)c(=O)oc2c3c4c(cc12)CCCN4CCC3. The molecule has 2 aromatic carbocycles. The first-order chi connectivity index (χ1) is 17.3. The molecule has 36 heavy (non-hydrogen) atoms. The van der Waals surface area contributed by atoms with Crippen LogP contribution in [0.3, 0.4) is 0 Å². The molecule has 3 aromatic rings. The first kappa shape index (κ1) is 22.2. The second-order valence-corrected chi connectivity index (χ2v) is 9.30. The minimum absolute atomic E-state index is 0.0741. The van der Waals surface area contributed by atoms with Crippen molar-refractivity contribution in [2.75, 3.05) is 22.9 Å². The highest BCUT2D eigenvalue weighted by molar-refractivity contribution is 6.39. The van der Waals surface area contributed by atoms with E-state index in [2.05, 4.69) is 10.2 Å². The van der Waals surface area contributed by atoms with Crippen LogP contribution in [-0.4, -0.2) is 30.9 Å². The lowest BCUT2D eigenvalue weighted by atomic mass is 9.88. The van der Waals surface area contributed by atoms with Gasteiger partial charge >= 0.3 is 11.7 Å². The number of benzene rings is 2. The molecular weight excluding hydrogens is 465 g/mol. The molecule has 0 atom stereocenters. The predicted octanol–water partition coefficient (Wildman–Crippen LogP) is 3.61. The molecule has 182 valence electrons. The van der Waals surface area contributed by atoms with Gasteiger partial charge in [0.15, 0.2) is 0 Å². The molecule has 0 aliphatic carbocycles. The van der Waals surface area contributed by atoms with Crippen molar-refractivity contribution in [3.05, 3.63) is 74.4 Å². The van der Waals surface area contributed by atoms with Crippen LogP contribution in [0.25, 0.3) is 17.0 Å². The number of carbonyl (C=O) groups is 3. The van der Waals surface area contributed by atoms with Crippen molar-refractivity contribution >= 4 is 46.3 Å². The summed E-state index contributed by atoms with van der Waals surface area (Å²) >= 11 is 0. The molecule has 9 heteroatoms. The smallest absolute Gasteiger partial charge is 0.343 e. The molecule has 3 aliphatic rings. The Morgan fingerprint density at radius 3 is 2.50 bits per heavy atom. The molecule has 1 N–H and O–H groups in total. The average Bonchev–Trinajstić information content (AvgIpc) is 2.85. The Labute approximate surface area is 205 Å². The monoisotopic (exact) mass is 487 g/mol. The first-order valence-corrected chi connectivity index (χ1v) is 11.9. The third-order valence-corrected chi connectivity index (χ3v) is 7.17. The van der Waals surface area contributed by atoms with Crippen molar-refractivity contribution in [1.29, 1.82) is 0 Å². The predicted molar refractivity (Wildman–Crippen MR) is 131 cm³/mol. The van der Waals surface area contributed by atoms with Gasteiger partial charge in [0.2, 0.25) is 0 Å². The average molecular weight is 487 g/mol. The van der Waals surface area contributed by atoms with Crippen LogP contribution in [0.15, 0.2) is 45.1 Å². The molecule has 1 saturated heterocycles. The lowest BCUT2D eigenvalue weighted by Crippen LogP contribution is -2.54. The third kappa shape index (κ3) is 3.34. The molecule has 4 amide bonds. The van der Waals surface area contributed by atoms with E-state index in [0.29, 0.717) is 11.1 Å². The zero-order chi connectivity index (χ0) is 25.1. The van der Waals surface area contributed by atoms with Crippen LogP contribution in [0.5, 0.6) is 0 Å². The summed E-state index contributed by atoms with van der Waals surface area (Å²) in [5, 5.41) is 2.89. The summed E-state index contributed by atoms with van der Waals surface area (Å²) in [6.45, 7) is 3.74. The zero-order valence-corrected chi connectivity index (χ0v) is 19.5. The second kappa shape index (κ2) is 8.15. The largest absolute Gasteiger partial charge is 0.422 e. The number of aryl methyl sites for hydroxylation is 3. The van der Waals surface area contributed by atoms with Gasteiger partial charge in [0.05, 0.1) is 11.3 Å². The minimum atomic E-state index is -0.952. The van der Waals surface area contributed by atoms with E-state index in [1.54, 1.807) is 6.92 Å². The van der Waals surface area contributed by atoms with E-state index in [1.165, 1.54) is 29.5 Å². The topological polar surface area (TPSA) is 99.9 Å². The number of nitrogens with one attached hydrogen (secondary N) is 1. The molecule has 0 unspecified atom stereocenters. The van der Waals surface area contributed by atoms with Gasteiger partial charge in [-0.2, -0.15) is 0 Å². The van der Waals surface area contributed by atoms with E-state index >= 15 is 0 Å². The Hall–Kier alpha value is -4.27. The van der Waals surface area contributed by atoms with Crippen molar-refractivity contribution in [1.82, 2.24) is 5.32 Å². The fraction of sp³-hybridized carbons (Fsp3) is 0.259. The van der Waals surface area contributed by atoms with Crippen molar-refractivity contribution in [3.8, 4) is 0 Å². The highest BCUT2D eigenvalue weighted by atomic mass is 19.1. The number of amides is 4. The molecule has 0 radical (unpaired) electrons. The Morgan fingerprint density at radius 1 is 1.03 bits per heavy atom. The van der Waals surface area contributed by atoms with Gasteiger partial charge in [0.25, 0.3) is 11.8 Å². The van der Waals surface area contributed by atoms with Gasteiger partial charge in [-0.05, 0) is 80.1 Å². The van der Waals surface area contributed by atoms with Gasteiger partial charge < -0.3 is 9.32 Å². The maximum absolute atomic E-state index is 13.4. The molecule has 1 aromatic heterocycles. The van der Waals surface area contributed by atoms with E-state index in [0.717, 1.165) is 66.8 Å². The fourth-order valence-corrected chi connectivity index (χ4v) is 5.47. The highest BCUT2D eigenvalue weighted by Crippen LogP contribution is 2.40. The molecule has 0 bridgehead atoms. The number of rotatable bonds is 2. The molecule has 0 saturated carbocycles. The van der Waals surface area contributed by atoms with E-state index in [-0.39, 0.29) is 16.8 Å². The van der Waals surface area contributed by atoms with Crippen LogP contribution in [0, 0.1) is 12.7 Å². The normalized spacial score (nSPS) is 18.6. The van der Waals surface area contributed by atoms with E-state index in [4.69, 9.17) is 4.42 Å². The maximum Gasteiger partial charge on any atom is 0.343 e. The van der Waals surface area contributed by atoms with Crippen LogP contribution in [0.1, 0.15) is 35.1 Å². The van der Waals surface area contributed by atoms with Gasteiger partial charge in [0.1, 0.15) is 17.0 Å². The molecular formula is C27H22FN3O5.